The van der Waals surface area contributed by atoms with E-state index in [0.29, 0.717) is 23.7 Å². The number of carbonyl (C=O) groups is 2. The van der Waals surface area contributed by atoms with Crippen LogP contribution >= 0.6 is 0 Å². The summed E-state index contributed by atoms with van der Waals surface area (Å²) in [7, 11) is 0. The number of fused-ring (bicyclic) bond motifs is 1. The first-order chi connectivity index (χ1) is 14.5. The first kappa shape index (κ1) is 20.1. The first-order valence-corrected chi connectivity index (χ1v) is 10.6. The lowest BCUT2D eigenvalue weighted by atomic mass is 10.1. The lowest BCUT2D eigenvalue weighted by Crippen LogP contribution is -2.36. The summed E-state index contributed by atoms with van der Waals surface area (Å²) in [6, 6.07) is 15.0. The van der Waals surface area contributed by atoms with E-state index in [1.807, 2.05) is 71.0 Å². The predicted octanol–water partition coefficient (Wildman–Crippen LogP) is 4.09. The number of carbonyl (C=O) groups excluding carboxylic acids is 2. The number of hydrogen-bond donors (Lipinski definition) is 1. The summed E-state index contributed by atoms with van der Waals surface area (Å²) in [5, 5.41) is 3.06. The van der Waals surface area contributed by atoms with E-state index >= 15 is 0 Å². The molecule has 1 aliphatic rings. The van der Waals surface area contributed by atoms with Gasteiger partial charge in [-0.15, -0.1) is 0 Å². The fourth-order valence-corrected chi connectivity index (χ4v) is 3.93. The smallest absolute Gasteiger partial charge is 0.272 e. The maximum atomic E-state index is 13.1. The van der Waals surface area contributed by atoms with Crippen molar-refractivity contribution in [1.82, 2.24) is 19.6 Å². The molecular weight excluding hydrogens is 376 g/mol. The van der Waals surface area contributed by atoms with Gasteiger partial charge in [0.15, 0.2) is 5.69 Å². The number of imidazole rings is 1. The second-order valence-corrected chi connectivity index (χ2v) is 8.30. The van der Waals surface area contributed by atoms with Crippen LogP contribution in [0.25, 0.3) is 5.52 Å². The fourth-order valence-electron chi connectivity index (χ4n) is 3.93. The summed E-state index contributed by atoms with van der Waals surface area (Å²) in [4.78, 5) is 32.8. The maximum Gasteiger partial charge on any atom is 0.272 e. The predicted molar refractivity (Wildman–Crippen MR) is 116 cm³/mol. The Hall–Kier alpha value is -3.15. The maximum absolute atomic E-state index is 13.1. The van der Waals surface area contributed by atoms with Gasteiger partial charge >= 0.3 is 0 Å². The van der Waals surface area contributed by atoms with Crippen LogP contribution in [0, 0.1) is 5.92 Å². The minimum absolute atomic E-state index is 0.00483. The highest BCUT2D eigenvalue weighted by atomic mass is 16.2. The number of aromatic nitrogens is 2. The number of likely N-dealkylation sites (tertiary alicyclic amines) is 1. The van der Waals surface area contributed by atoms with Crippen LogP contribution in [0.1, 0.15) is 66.3 Å². The van der Waals surface area contributed by atoms with Gasteiger partial charge in [-0.05, 0) is 49.9 Å². The lowest BCUT2D eigenvalue weighted by molar-refractivity contribution is 0.0729. The molecule has 0 saturated carbocycles. The van der Waals surface area contributed by atoms with Crippen LogP contribution < -0.4 is 5.32 Å². The quantitative estimate of drug-likeness (QED) is 0.697. The monoisotopic (exact) mass is 404 g/mol. The summed E-state index contributed by atoms with van der Waals surface area (Å²) in [5.41, 5.74) is 1.85. The Kier molecular flexibility index (Phi) is 5.57. The standard InChI is InChI=1S/C24H28N4O2/c1-16(2)17(3)25-23(29)21-19-12-7-8-14-27(19)22(26-21)20-13-9-15-28(20)24(30)18-10-5-4-6-11-18/h4-8,10-12,14,16-17,20H,9,13,15H2,1-3H3,(H,25,29). The number of nitrogens with one attached hydrogen (secondary N) is 1. The highest BCUT2D eigenvalue weighted by Gasteiger charge is 2.34. The highest BCUT2D eigenvalue weighted by molar-refractivity contribution is 5.99. The lowest BCUT2D eigenvalue weighted by Gasteiger charge is -2.24. The van der Waals surface area contributed by atoms with Gasteiger partial charge < -0.3 is 14.6 Å². The zero-order valence-electron chi connectivity index (χ0n) is 17.7. The van der Waals surface area contributed by atoms with Crippen LogP contribution in [0.4, 0.5) is 0 Å². The van der Waals surface area contributed by atoms with E-state index in [1.165, 1.54) is 0 Å². The molecular formula is C24H28N4O2. The Bertz CT molecular complexity index is 1060. The minimum Gasteiger partial charge on any atom is -0.348 e. The summed E-state index contributed by atoms with van der Waals surface area (Å²) >= 11 is 0. The van der Waals surface area contributed by atoms with Crippen molar-refractivity contribution in [3.8, 4) is 0 Å². The SMILES string of the molecule is CC(C)C(C)NC(=O)c1nc(C2CCCN2C(=O)c2ccccc2)n2ccccc12. The van der Waals surface area contributed by atoms with Crippen LogP contribution in [-0.2, 0) is 0 Å². The molecule has 1 saturated heterocycles. The van der Waals surface area contributed by atoms with Crippen molar-refractivity contribution in [1.29, 1.82) is 0 Å². The Morgan fingerprint density at radius 2 is 1.80 bits per heavy atom. The normalized spacial score (nSPS) is 17.5. The summed E-state index contributed by atoms with van der Waals surface area (Å²) in [6.07, 6.45) is 3.66. The number of rotatable bonds is 5. The van der Waals surface area contributed by atoms with Gasteiger partial charge in [0.1, 0.15) is 5.82 Å². The molecule has 3 heterocycles. The number of nitrogens with zero attached hydrogens (tertiary/aromatic N) is 3. The van der Waals surface area contributed by atoms with Crippen molar-refractivity contribution >= 4 is 17.3 Å². The molecule has 2 aromatic heterocycles. The second kappa shape index (κ2) is 8.30. The van der Waals surface area contributed by atoms with Crippen molar-refractivity contribution in [2.24, 2.45) is 5.92 Å². The molecule has 2 atom stereocenters. The van der Waals surface area contributed by atoms with Gasteiger partial charge in [0.05, 0.1) is 11.6 Å². The molecule has 4 rings (SSSR count). The van der Waals surface area contributed by atoms with Gasteiger partial charge in [-0.1, -0.05) is 38.1 Å². The Balaban J connectivity index is 1.70. The van der Waals surface area contributed by atoms with E-state index < -0.39 is 0 Å². The largest absolute Gasteiger partial charge is 0.348 e. The van der Waals surface area contributed by atoms with Crippen molar-refractivity contribution in [3.05, 3.63) is 71.8 Å². The average Bonchev–Trinajstić information content (AvgIpc) is 3.38. The number of pyridine rings is 1. The molecule has 0 spiro atoms. The number of amides is 2. The molecule has 1 N–H and O–H groups in total. The molecule has 1 aliphatic heterocycles. The molecule has 6 heteroatoms. The van der Waals surface area contributed by atoms with Crippen molar-refractivity contribution in [3.63, 3.8) is 0 Å². The van der Waals surface area contributed by atoms with Crippen LogP contribution in [0.5, 0.6) is 0 Å². The van der Waals surface area contributed by atoms with E-state index in [4.69, 9.17) is 4.98 Å². The van der Waals surface area contributed by atoms with E-state index in [0.717, 1.165) is 24.2 Å². The molecule has 6 nitrogen and oxygen atoms in total. The van der Waals surface area contributed by atoms with Gasteiger partial charge in [-0.2, -0.15) is 0 Å². The zero-order valence-corrected chi connectivity index (χ0v) is 17.7. The Morgan fingerprint density at radius 1 is 1.07 bits per heavy atom. The Morgan fingerprint density at radius 3 is 2.53 bits per heavy atom. The van der Waals surface area contributed by atoms with Crippen LogP contribution in [0.3, 0.4) is 0 Å². The van der Waals surface area contributed by atoms with Crippen LogP contribution in [0.15, 0.2) is 54.7 Å². The average molecular weight is 405 g/mol. The summed E-state index contributed by atoms with van der Waals surface area (Å²) in [6.45, 7) is 6.84. The topological polar surface area (TPSA) is 66.7 Å². The third-order valence-corrected chi connectivity index (χ3v) is 5.98. The molecule has 0 aliphatic carbocycles. The molecule has 0 bridgehead atoms. The van der Waals surface area contributed by atoms with E-state index in [1.54, 1.807) is 0 Å². The van der Waals surface area contributed by atoms with Crippen molar-refractivity contribution in [2.45, 2.75) is 45.7 Å². The third kappa shape index (κ3) is 3.70. The summed E-state index contributed by atoms with van der Waals surface area (Å²) < 4.78 is 1.95. The van der Waals surface area contributed by atoms with Crippen LogP contribution in [0.2, 0.25) is 0 Å². The molecule has 30 heavy (non-hydrogen) atoms. The molecule has 2 amide bonds. The summed E-state index contributed by atoms with van der Waals surface area (Å²) in [5.74, 6) is 0.904. The molecule has 1 aromatic carbocycles. The number of benzene rings is 1. The molecule has 1 fully saturated rings. The van der Waals surface area contributed by atoms with Gasteiger partial charge in [0, 0.05) is 24.3 Å². The minimum atomic E-state index is -0.176. The van der Waals surface area contributed by atoms with E-state index in [9.17, 15) is 9.59 Å². The Labute approximate surface area is 176 Å². The second-order valence-electron chi connectivity index (χ2n) is 8.30. The van der Waals surface area contributed by atoms with Gasteiger partial charge in [0.25, 0.3) is 11.8 Å². The van der Waals surface area contributed by atoms with Crippen molar-refractivity contribution < 1.29 is 9.59 Å². The van der Waals surface area contributed by atoms with Crippen molar-refractivity contribution in [2.75, 3.05) is 6.54 Å². The molecule has 156 valence electrons. The highest BCUT2D eigenvalue weighted by Crippen LogP contribution is 2.33. The molecule has 2 unspecified atom stereocenters. The van der Waals surface area contributed by atoms with Crippen LogP contribution in [-0.4, -0.2) is 38.7 Å². The van der Waals surface area contributed by atoms with Gasteiger partial charge in [-0.25, -0.2) is 4.98 Å². The fraction of sp³-hybridized carbons (Fsp3) is 0.375. The first-order valence-electron chi connectivity index (χ1n) is 10.6. The zero-order chi connectivity index (χ0) is 21.3. The molecule has 0 radical (unpaired) electrons. The number of hydrogen-bond acceptors (Lipinski definition) is 3. The van der Waals surface area contributed by atoms with E-state index in [-0.39, 0.29) is 23.9 Å². The van der Waals surface area contributed by atoms with Gasteiger partial charge in [-0.3, -0.25) is 9.59 Å². The molecule has 3 aromatic rings. The third-order valence-electron chi connectivity index (χ3n) is 5.98. The van der Waals surface area contributed by atoms with Gasteiger partial charge in [0.2, 0.25) is 0 Å². The van der Waals surface area contributed by atoms with E-state index in [2.05, 4.69) is 19.2 Å².